The molecule has 0 amide bonds. The van der Waals surface area contributed by atoms with E-state index >= 15 is 0 Å². The van der Waals surface area contributed by atoms with Crippen LogP contribution < -0.4 is 3.11 Å². The van der Waals surface area contributed by atoms with Crippen LogP contribution in [0.1, 0.15) is 16.7 Å². The monoisotopic (exact) mass is 335 g/mol. The first kappa shape index (κ1) is 11.1. The maximum atomic E-state index is 2.42. The summed E-state index contributed by atoms with van der Waals surface area (Å²) in [5.41, 5.74) is 6.79. The Kier molecular flexibility index (Phi) is 2.62. The molecular formula is C15H14IN. The van der Waals surface area contributed by atoms with Gasteiger partial charge in [0.2, 0.25) is 0 Å². The second-order valence-electron chi connectivity index (χ2n) is 4.57. The van der Waals surface area contributed by atoms with Crippen molar-refractivity contribution in [2.75, 3.05) is 3.11 Å². The van der Waals surface area contributed by atoms with Crippen LogP contribution in [0.3, 0.4) is 0 Å². The van der Waals surface area contributed by atoms with E-state index in [2.05, 4.69) is 82.3 Å². The molecule has 1 aliphatic carbocycles. The maximum Gasteiger partial charge on any atom is 0.0766 e. The van der Waals surface area contributed by atoms with Gasteiger partial charge in [0.1, 0.15) is 0 Å². The first-order valence-electron chi connectivity index (χ1n) is 5.81. The molecule has 1 atom stereocenters. The third kappa shape index (κ3) is 1.66. The van der Waals surface area contributed by atoms with Crippen molar-refractivity contribution in [3.8, 4) is 0 Å². The van der Waals surface area contributed by atoms with Gasteiger partial charge in [-0.1, -0.05) is 36.4 Å². The van der Waals surface area contributed by atoms with Gasteiger partial charge in [0.25, 0.3) is 0 Å². The standard InChI is InChI=1S/C15H14IN/c1-10-7-8-14-12-5-3-4-6-13(9-12)17(16)15(14)11(10)2/h3-9,13H,1-2H3. The SMILES string of the molecule is Cc1ccc2c(c1C)N(I)C1C=CC=CC2=C1. The van der Waals surface area contributed by atoms with Gasteiger partial charge in [0.05, 0.1) is 34.6 Å². The van der Waals surface area contributed by atoms with Crippen LogP contribution in [-0.4, -0.2) is 6.04 Å². The number of fused-ring (bicyclic) bond motifs is 3. The summed E-state index contributed by atoms with van der Waals surface area (Å²) in [7, 11) is 0. The molecule has 0 saturated carbocycles. The van der Waals surface area contributed by atoms with Crippen LogP contribution in [0.2, 0.25) is 0 Å². The number of nitrogens with zero attached hydrogens (tertiary/aromatic N) is 1. The summed E-state index contributed by atoms with van der Waals surface area (Å²) in [5.74, 6) is 0. The van der Waals surface area contributed by atoms with E-state index in [4.69, 9.17) is 0 Å². The summed E-state index contributed by atoms with van der Waals surface area (Å²) in [4.78, 5) is 0. The van der Waals surface area contributed by atoms with E-state index in [-0.39, 0.29) is 0 Å². The fourth-order valence-electron chi connectivity index (χ4n) is 2.41. The van der Waals surface area contributed by atoms with E-state index in [0.717, 1.165) is 0 Å². The van der Waals surface area contributed by atoms with Gasteiger partial charge in [0, 0.05) is 5.56 Å². The third-order valence-electron chi connectivity index (χ3n) is 3.53. The van der Waals surface area contributed by atoms with Crippen LogP contribution in [0.25, 0.3) is 5.57 Å². The summed E-state index contributed by atoms with van der Waals surface area (Å²) in [5, 5.41) is 0. The number of aryl methyl sites for hydroxylation is 1. The highest BCUT2D eigenvalue weighted by Gasteiger charge is 2.25. The summed E-state index contributed by atoms with van der Waals surface area (Å²) in [6.07, 6.45) is 11.0. The highest BCUT2D eigenvalue weighted by Crippen LogP contribution is 2.41. The molecule has 0 spiro atoms. The molecule has 0 N–H and O–H groups in total. The largest absolute Gasteiger partial charge is 0.303 e. The van der Waals surface area contributed by atoms with Crippen molar-refractivity contribution in [1.82, 2.24) is 0 Å². The second-order valence-corrected chi connectivity index (χ2v) is 5.61. The van der Waals surface area contributed by atoms with E-state index < -0.39 is 0 Å². The zero-order valence-corrected chi connectivity index (χ0v) is 12.1. The molecule has 1 aliphatic heterocycles. The molecule has 2 bridgehead atoms. The van der Waals surface area contributed by atoms with Crippen LogP contribution in [-0.2, 0) is 0 Å². The molecule has 86 valence electrons. The van der Waals surface area contributed by atoms with Crippen molar-refractivity contribution in [3.63, 3.8) is 0 Å². The van der Waals surface area contributed by atoms with Gasteiger partial charge in [-0.15, -0.1) is 0 Å². The lowest BCUT2D eigenvalue weighted by Gasteiger charge is -2.32. The molecule has 0 radical (unpaired) electrons. The van der Waals surface area contributed by atoms with Crippen LogP contribution in [0.15, 0.2) is 42.5 Å². The molecule has 1 unspecified atom stereocenters. The quantitative estimate of drug-likeness (QED) is 0.503. The van der Waals surface area contributed by atoms with Gasteiger partial charge in [-0.25, -0.2) is 0 Å². The van der Waals surface area contributed by atoms with E-state index in [1.807, 2.05) is 0 Å². The van der Waals surface area contributed by atoms with Gasteiger partial charge in [0.15, 0.2) is 0 Å². The molecular weight excluding hydrogens is 321 g/mol. The van der Waals surface area contributed by atoms with Crippen LogP contribution >= 0.6 is 22.9 Å². The molecule has 1 heterocycles. The average Bonchev–Trinajstić information content (AvgIpc) is 2.54. The number of anilines is 1. The molecule has 1 nitrogen and oxygen atoms in total. The Bertz CT molecular complexity index is 567. The predicted octanol–water partition coefficient (Wildman–Crippen LogP) is 4.35. The molecule has 0 fully saturated rings. The molecule has 2 heteroatoms. The molecule has 3 rings (SSSR count). The molecule has 17 heavy (non-hydrogen) atoms. The Balaban J connectivity index is 2.29. The highest BCUT2D eigenvalue weighted by molar-refractivity contribution is 14.1. The summed E-state index contributed by atoms with van der Waals surface area (Å²) in [6.45, 7) is 4.39. The lowest BCUT2D eigenvalue weighted by atomic mass is 9.93. The first-order chi connectivity index (χ1) is 8.18. The zero-order valence-electron chi connectivity index (χ0n) is 9.94. The summed E-state index contributed by atoms with van der Waals surface area (Å²) >= 11 is 2.42. The van der Waals surface area contributed by atoms with E-state index in [0.29, 0.717) is 6.04 Å². The number of rotatable bonds is 0. The average molecular weight is 335 g/mol. The van der Waals surface area contributed by atoms with E-state index in [9.17, 15) is 0 Å². The van der Waals surface area contributed by atoms with Crippen molar-refractivity contribution >= 4 is 34.1 Å². The number of halogens is 1. The van der Waals surface area contributed by atoms with Crippen molar-refractivity contribution in [2.24, 2.45) is 0 Å². The number of benzene rings is 1. The Labute approximate surface area is 116 Å². The second kappa shape index (κ2) is 4.02. The van der Waals surface area contributed by atoms with Crippen molar-refractivity contribution in [1.29, 1.82) is 0 Å². The van der Waals surface area contributed by atoms with Gasteiger partial charge < -0.3 is 3.11 Å². The number of hydrogen-bond donors (Lipinski definition) is 0. The fraction of sp³-hybridized carbons (Fsp3) is 0.200. The predicted molar refractivity (Wildman–Crippen MR) is 82.5 cm³/mol. The minimum atomic E-state index is 0.369. The summed E-state index contributed by atoms with van der Waals surface area (Å²) < 4.78 is 2.34. The van der Waals surface area contributed by atoms with Gasteiger partial charge >= 0.3 is 0 Å². The molecule has 0 aromatic heterocycles. The van der Waals surface area contributed by atoms with Crippen molar-refractivity contribution in [3.05, 3.63) is 59.2 Å². The van der Waals surface area contributed by atoms with Crippen LogP contribution in [0.4, 0.5) is 5.69 Å². The fourth-order valence-corrected chi connectivity index (χ4v) is 3.38. The maximum absolute atomic E-state index is 2.42. The Morgan fingerprint density at radius 1 is 1.18 bits per heavy atom. The van der Waals surface area contributed by atoms with Gasteiger partial charge in [-0.3, -0.25) is 0 Å². The lowest BCUT2D eigenvalue weighted by Crippen LogP contribution is -2.27. The minimum Gasteiger partial charge on any atom is -0.303 e. The minimum absolute atomic E-state index is 0.369. The smallest absolute Gasteiger partial charge is 0.0766 e. The van der Waals surface area contributed by atoms with Gasteiger partial charge in [-0.2, -0.15) is 0 Å². The lowest BCUT2D eigenvalue weighted by molar-refractivity contribution is 1.02. The Morgan fingerprint density at radius 3 is 2.82 bits per heavy atom. The number of hydrogen-bond acceptors (Lipinski definition) is 1. The third-order valence-corrected chi connectivity index (χ3v) is 4.66. The zero-order chi connectivity index (χ0) is 12.0. The first-order valence-corrected chi connectivity index (χ1v) is 6.77. The van der Waals surface area contributed by atoms with Crippen LogP contribution in [0, 0.1) is 13.8 Å². The summed E-state index contributed by atoms with van der Waals surface area (Å²) in [6, 6.07) is 4.82. The van der Waals surface area contributed by atoms with E-state index in [1.54, 1.807) is 0 Å². The molecule has 1 aromatic rings. The highest BCUT2D eigenvalue weighted by atomic mass is 127. The van der Waals surface area contributed by atoms with Crippen molar-refractivity contribution in [2.45, 2.75) is 19.9 Å². The Morgan fingerprint density at radius 2 is 2.00 bits per heavy atom. The molecule has 0 saturated heterocycles. The normalized spacial score (nSPS) is 21.0. The van der Waals surface area contributed by atoms with Crippen LogP contribution in [0.5, 0.6) is 0 Å². The van der Waals surface area contributed by atoms with Gasteiger partial charge in [-0.05, 0) is 36.6 Å². The molecule has 1 aromatic carbocycles. The number of allylic oxidation sites excluding steroid dienone is 4. The Hall–Kier alpha value is -1.03. The van der Waals surface area contributed by atoms with Crippen molar-refractivity contribution < 1.29 is 0 Å². The molecule has 2 aliphatic rings. The topological polar surface area (TPSA) is 3.24 Å². The van der Waals surface area contributed by atoms with E-state index in [1.165, 1.54) is 28.0 Å².